The molecule has 1 aromatic rings. The summed E-state index contributed by atoms with van der Waals surface area (Å²) < 4.78 is 5.60. The van der Waals surface area contributed by atoms with Gasteiger partial charge in [0.2, 0.25) is 0 Å². The van der Waals surface area contributed by atoms with Gasteiger partial charge in [0.25, 0.3) is 5.91 Å². The molecule has 0 radical (unpaired) electrons. The van der Waals surface area contributed by atoms with Crippen LogP contribution in [0, 0.1) is 0 Å². The first-order valence-corrected chi connectivity index (χ1v) is 6.24. The van der Waals surface area contributed by atoms with Gasteiger partial charge in [-0.3, -0.25) is 4.79 Å². The van der Waals surface area contributed by atoms with Gasteiger partial charge in [-0.15, -0.1) is 0 Å². The highest BCUT2D eigenvalue weighted by atomic mass is 16.5. The minimum Gasteiger partial charge on any atom is -0.478 e. The first-order valence-electron chi connectivity index (χ1n) is 6.24. The molecular formula is C13H18N2O4. The maximum atomic E-state index is 12.3. The second-order valence-electron chi connectivity index (χ2n) is 4.49. The fourth-order valence-corrected chi connectivity index (χ4v) is 2.12. The number of carbonyl (C=O) groups is 1. The third-order valence-electron chi connectivity index (χ3n) is 3.09. The van der Waals surface area contributed by atoms with Crippen LogP contribution >= 0.6 is 0 Å². The number of benzene rings is 1. The number of nitrogens with zero attached hydrogens (tertiary/aromatic N) is 1. The van der Waals surface area contributed by atoms with E-state index in [2.05, 4.69) is 0 Å². The van der Waals surface area contributed by atoms with Crippen LogP contribution in [0.5, 0.6) is 5.75 Å². The molecule has 1 aliphatic heterocycles. The van der Waals surface area contributed by atoms with Crippen molar-refractivity contribution < 1.29 is 19.7 Å². The van der Waals surface area contributed by atoms with Gasteiger partial charge < -0.3 is 25.6 Å². The van der Waals surface area contributed by atoms with Crippen molar-refractivity contribution in [2.24, 2.45) is 0 Å². The van der Waals surface area contributed by atoms with E-state index in [0.717, 1.165) is 0 Å². The van der Waals surface area contributed by atoms with Crippen LogP contribution in [0.15, 0.2) is 18.2 Å². The summed E-state index contributed by atoms with van der Waals surface area (Å²) in [5, 5.41) is 18.5. The topological polar surface area (TPSA) is 96.0 Å². The molecular weight excluding hydrogens is 248 g/mol. The van der Waals surface area contributed by atoms with Crippen molar-refractivity contribution in [3.63, 3.8) is 0 Å². The van der Waals surface area contributed by atoms with E-state index in [9.17, 15) is 9.90 Å². The lowest BCUT2D eigenvalue weighted by Gasteiger charge is -2.35. The van der Waals surface area contributed by atoms with Crippen LogP contribution in [0.25, 0.3) is 0 Å². The van der Waals surface area contributed by atoms with Crippen molar-refractivity contribution in [2.75, 3.05) is 23.8 Å². The van der Waals surface area contributed by atoms with Crippen molar-refractivity contribution in [1.29, 1.82) is 0 Å². The Labute approximate surface area is 111 Å². The molecule has 0 bridgehead atoms. The zero-order valence-electron chi connectivity index (χ0n) is 10.7. The predicted octanol–water partition coefficient (Wildman–Crippen LogP) is 0.126. The summed E-state index contributed by atoms with van der Waals surface area (Å²) >= 11 is 0. The minimum absolute atomic E-state index is 0.00356. The van der Waals surface area contributed by atoms with E-state index >= 15 is 0 Å². The zero-order chi connectivity index (χ0) is 14.0. The number of carbonyl (C=O) groups excluding carboxylic acids is 1. The van der Waals surface area contributed by atoms with Gasteiger partial charge in [0.1, 0.15) is 11.4 Å². The summed E-state index contributed by atoms with van der Waals surface area (Å²) in [7, 11) is 0. The fraction of sp³-hybridized carbons (Fsp3) is 0.462. The fourth-order valence-electron chi connectivity index (χ4n) is 2.12. The minimum atomic E-state index is -1.01. The van der Waals surface area contributed by atoms with Crippen molar-refractivity contribution >= 4 is 17.3 Å². The lowest BCUT2D eigenvalue weighted by molar-refractivity contribution is -0.126. The molecule has 0 saturated carbocycles. The summed E-state index contributed by atoms with van der Waals surface area (Å²) in [5.41, 5.74) is 6.75. The highest BCUT2D eigenvalue weighted by molar-refractivity contribution is 6.03. The van der Waals surface area contributed by atoms with Gasteiger partial charge in [0, 0.05) is 0 Å². The van der Waals surface area contributed by atoms with Gasteiger partial charge in [-0.2, -0.15) is 0 Å². The van der Waals surface area contributed by atoms with Crippen molar-refractivity contribution in [2.45, 2.75) is 25.6 Å². The van der Waals surface area contributed by atoms with E-state index in [0.29, 0.717) is 23.5 Å². The van der Waals surface area contributed by atoms with Crippen LogP contribution in [0.1, 0.15) is 13.3 Å². The average Bonchev–Trinajstić information content (AvgIpc) is 2.41. The first-order chi connectivity index (χ1) is 9.08. The molecule has 0 saturated heterocycles. The molecule has 0 fully saturated rings. The van der Waals surface area contributed by atoms with E-state index in [1.807, 2.05) is 6.92 Å². The van der Waals surface area contributed by atoms with Gasteiger partial charge in [0.05, 0.1) is 24.9 Å². The van der Waals surface area contributed by atoms with Crippen LogP contribution < -0.4 is 15.4 Å². The van der Waals surface area contributed by atoms with Gasteiger partial charge in [-0.25, -0.2) is 0 Å². The Kier molecular flexibility index (Phi) is 3.92. The summed E-state index contributed by atoms with van der Waals surface area (Å²) in [5.74, 6) is 0.275. The average molecular weight is 266 g/mol. The number of para-hydroxylation sites is 1. The van der Waals surface area contributed by atoms with Gasteiger partial charge >= 0.3 is 0 Å². The van der Waals surface area contributed by atoms with E-state index in [1.54, 1.807) is 18.2 Å². The monoisotopic (exact) mass is 266 g/mol. The van der Waals surface area contributed by atoms with Crippen LogP contribution in [0.3, 0.4) is 0 Å². The van der Waals surface area contributed by atoms with Crippen LogP contribution in [0.2, 0.25) is 0 Å². The maximum Gasteiger partial charge on any atom is 0.268 e. The van der Waals surface area contributed by atoms with E-state index in [4.69, 9.17) is 15.6 Å². The number of aliphatic hydroxyl groups is 2. The van der Waals surface area contributed by atoms with Crippen molar-refractivity contribution in [3.05, 3.63) is 18.2 Å². The predicted molar refractivity (Wildman–Crippen MR) is 71.0 cm³/mol. The normalized spacial score (nSPS) is 19.8. The summed E-state index contributed by atoms with van der Waals surface area (Å²) in [6.07, 6.45) is -1.06. The molecule has 6 nitrogen and oxygen atoms in total. The van der Waals surface area contributed by atoms with E-state index in [1.165, 1.54) is 4.90 Å². The quantitative estimate of drug-likeness (QED) is 0.673. The molecule has 19 heavy (non-hydrogen) atoms. The largest absolute Gasteiger partial charge is 0.478 e. The summed E-state index contributed by atoms with van der Waals surface area (Å²) in [4.78, 5) is 13.7. The zero-order valence-corrected chi connectivity index (χ0v) is 10.7. The number of hydrogen-bond donors (Lipinski definition) is 3. The number of nitrogens with two attached hydrogens (primary N) is 1. The Morgan fingerprint density at radius 2 is 2.26 bits per heavy atom. The molecule has 104 valence electrons. The van der Waals surface area contributed by atoms with Gasteiger partial charge in [0.15, 0.2) is 6.10 Å². The van der Waals surface area contributed by atoms with Crippen molar-refractivity contribution in [1.82, 2.24) is 0 Å². The number of fused-ring (bicyclic) bond motifs is 1. The first kappa shape index (κ1) is 13.6. The Hall–Kier alpha value is -1.79. The number of ether oxygens (including phenoxy) is 1. The molecule has 0 spiro atoms. The smallest absolute Gasteiger partial charge is 0.268 e. The summed E-state index contributed by atoms with van der Waals surface area (Å²) in [6.45, 7) is 1.43. The molecule has 2 rings (SSSR count). The molecule has 1 amide bonds. The molecule has 2 atom stereocenters. The third-order valence-corrected chi connectivity index (χ3v) is 3.09. The lowest BCUT2D eigenvalue weighted by Crippen LogP contribution is -2.49. The number of anilines is 2. The van der Waals surface area contributed by atoms with E-state index in [-0.39, 0.29) is 12.5 Å². The molecule has 4 N–H and O–H groups in total. The van der Waals surface area contributed by atoms with Crippen LogP contribution in [-0.2, 0) is 4.79 Å². The maximum absolute atomic E-state index is 12.3. The number of β-amino-alcohol motifs (C(OH)–C–C–N with tert-alkyl or cyclic N) is 1. The molecule has 0 aromatic heterocycles. The molecule has 6 heteroatoms. The molecule has 0 aliphatic carbocycles. The standard InChI is InChI=1S/C13H18N2O4/c1-2-10-13(18)15(6-8(17)7-16)12-9(14)4-3-5-11(12)19-10/h3-5,8,10,16-17H,2,6-7,14H2,1H3. The second-order valence-corrected chi connectivity index (χ2v) is 4.49. The Morgan fingerprint density at radius 3 is 2.89 bits per heavy atom. The Balaban J connectivity index is 2.41. The lowest BCUT2D eigenvalue weighted by atomic mass is 10.1. The Bertz CT molecular complexity index is 478. The number of hydrogen-bond acceptors (Lipinski definition) is 5. The number of aliphatic hydroxyl groups excluding tert-OH is 2. The molecule has 1 aliphatic rings. The molecule has 1 heterocycles. The highest BCUT2D eigenvalue weighted by Gasteiger charge is 2.35. The highest BCUT2D eigenvalue weighted by Crippen LogP contribution is 2.39. The Morgan fingerprint density at radius 1 is 1.53 bits per heavy atom. The second kappa shape index (κ2) is 5.46. The number of rotatable bonds is 4. The summed E-state index contributed by atoms with van der Waals surface area (Å²) in [6, 6.07) is 5.15. The van der Waals surface area contributed by atoms with Crippen molar-refractivity contribution in [3.8, 4) is 5.75 Å². The third kappa shape index (κ3) is 2.50. The van der Waals surface area contributed by atoms with Gasteiger partial charge in [-0.1, -0.05) is 13.0 Å². The molecule has 1 aromatic carbocycles. The van der Waals surface area contributed by atoms with Crippen LogP contribution in [0.4, 0.5) is 11.4 Å². The SMILES string of the molecule is CCC1Oc2cccc(N)c2N(CC(O)CO)C1=O. The number of amides is 1. The van der Waals surface area contributed by atoms with Crippen LogP contribution in [-0.4, -0.2) is 41.5 Å². The number of nitrogen functional groups attached to an aromatic ring is 1. The van der Waals surface area contributed by atoms with Gasteiger partial charge in [-0.05, 0) is 18.6 Å². The molecule has 2 unspecified atom stereocenters. The van der Waals surface area contributed by atoms with E-state index < -0.39 is 18.8 Å².